The van der Waals surface area contributed by atoms with E-state index >= 15 is 0 Å². The molecule has 2 N–H and O–H groups in total. The fraction of sp³-hybridized carbons (Fsp3) is 0.429. The van der Waals surface area contributed by atoms with Gasteiger partial charge in [0.1, 0.15) is 11.6 Å². The second kappa shape index (κ2) is 5.98. The van der Waals surface area contributed by atoms with Gasteiger partial charge >= 0.3 is 5.97 Å². The minimum atomic E-state index is -0.847. The Labute approximate surface area is 114 Å². The second-order valence-electron chi connectivity index (χ2n) is 5.00. The summed E-state index contributed by atoms with van der Waals surface area (Å²) in [6.45, 7) is 0. The second-order valence-corrected chi connectivity index (χ2v) is 5.00. The number of benzene rings is 1. The number of rotatable bonds is 3. The predicted molar refractivity (Wildman–Crippen MR) is 68.1 cm³/mol. The van der Waals surface area contributed by atoms with Crippen LogP contribution in [-0.4, -0.2) is 17.0 Å². The fourth-order valence-electron chi connectivity index (χ4n) is 2.43. The van der Waals surface area contributed by atoms with E-state index in [0.717, 1.165) is 18.2 Å². The minimum absolute atomic E-state index is 0.185. The molecule has 0 bridgehead atoms. The molecule has 0 heterocycles. The van der Waals surface area contributed by atoms with Crippen molar-refractivity contribution in [2.75, 3.05) is 5.32 Å². The van der Waals surface area contributed by atoms with Gasteiger partial charge in [-0.1, -0.05) is 0 Å². The Kier molecular flexibility index (Phi) is 4.32. The molecule has 4 nitrogen and oxygen atoms in total. The average molecular weight is 283 g/mol. The molecular weight excluding hydrogens is 268 g/mol. The molecule has 1 saturated carbocycles. The monoisotopic (exact) mass is 283 g/mol. The van der Waals surface area contributed by atoms with Gasteiger partial charge in [-0.25, -0.2) is 8.78 Å². The highest BCUT2D eigenvalue weighted by atomic mass is 19.1. The number of carbonyl (C=O) groups excluding carboxylic acids is 1. The summed E-state index contributed by atoms with van der Waals surface area (Å²) in [5.74, 6) is -3.33. The van der Waals surface area contributed by atoms with Gasteiger partial charge in [0.25, 0.3) is 0 Å². The van der Waals surface area contributed by atoms with E-state index in [0.29, 0.717) is 25.7 Å². The predicted octanol–water partition coefficient (Wildman–Crippen LogP) is 2.79. The molecule has 6 heteroatoms. The van der Waals surface area contributed by atoms with Gasteiger partial charge < -0.3 is 10.4 Å². The molecule has 2 rings (SSSR count). The lowest BCUT2D eigenvalue weighted by Gasteiger charge is -2.25. The number of carboxylic acids is 1. The quantitative estimate of drug-likeness (QED) is 0.896. The summed E-state index contributed by atoms with van der Waals surface area (Å²) >= 11 is 0. The van der Waals surface area contributed by atoms with E-state index in [-0.39, 0.29) is 11.6 Å². The summed E-state index contributed by atoms with van der Waals surface area (Å²) in [6.07, 6.45) is 1.75. The van der Waals surface area contributed by atoms with Crippen LogP contribution in [0.1, 0.15) is 25.7 Å². The van der Waals surface area contributed by atoms with Crippen LogP contribution in [0.25, 0.3) is 0 Å². The highest BCUT2D eigenvalue weighted by Crippen LogP contribution is 2.30. The first-order valence-corrected chi connectivity index (χ1v) is 6.46. The number of anilines is 1. The third-order valence-electron chi connectivity index (χ3n) is 3.63. The zero-order chi connectivity index (χ0) is 14.7. The van der Waals surface area contributed by atoms with Gasteiger partial charge in [-0.2, -0.15) is 0 Å². The maximum atomic E-state index is 13.4. The van der Waals surface area contributed by atoms with Crippen LogP contribution in [0, 0.1) is 23.5 Å². The topological polar surface area (TPSA) is 66.4 Å². The Balaban J connectivity index is 1.96. The number of nitrogens with one attached hydrogen (secondary N) is 1. The van der Waals surface area contributed by atoms with Crippen LogP contribution < -0.4 is 5.32 Å². The van der Waals surface area contributed by atoms with Crippen LogP contribution in [0.2, 0.25) is 0 Å². The van der Waals surface area contributed by atoms with E-state index in [1.54, 1.807) is 0 Å². The van der Waals surface area contributed by atoms with Crippen molar-refractivity contribution < 1.29 is 23.5 Å². The Bertz CT molecular complexity index is 525. The van der Waals surface area contributed by atoms with Gasteiger partial charge in [0.2, 0.25) is 5.91 Å². The largest absolute Gasteiger partial charge is 0.481 e. The first-order valence-electron chi connectivity index (χ1n) is 6.46. The van der Waals surface area contributed by atoms with Gasteiger partial charge in [-0.05, 0) is 37.8 Å². The third kappa shape index (κ3) is 3.31. The number of hydrogen-bond donors (Lipinski definition) is 2. The average Bonchev–Trinajstić information content (AvgIpc) is 2.43. The normalized spacial score (nSPS) is 22.3. The first-order chi connectivity index (χ1) is 9.47. The van der Waals surface area contributed by atoms with Gasteiger partial charge in [-0.3, -0.25) is 9.59 Å². The summed E-state index contributed by atoms with van der Waals surface area (Å²) in [5, 5.41) is 11.2. The molecule has 20 heavy (non-hydrogen) atoms. The number of amides is 1. The molecule has 0 aromatic heterocycles. The SMILES string of the molecule is O=C(O)C1CCC(C(=O)Nc2cc(F)ccc2F)CC1. The third-order valence-corrected chi connectivity index (χ3v) is 3.63. The minimum Gasteiger partial charge on any atom is -0.481 e. The zero-order valence-corrected chi connectivity index (χ0v) is 10.7. The van der Waals surface area contributed by atoms with Crippen molar-refractivity contribution in [2.24, 2.45) is 11.8 Å². The van der Waals surface area contributed by atoms with Gasteiger partial charge in [-0.15, -0.1) is 0 Å². The lowest BCUT2D eigenvalue weighted by atomic mass is 9.81. The fourth-order valence-corrected chi connectivity index (χ4v) is 2.43. The van der Waals surface area contributed by atoms with Gasteiger partial charge in [0, 0.05) is 12.0 Å². The molecule has 1 aromatic carbocycles. The summed E-state index contributed by atoms with van der Waals surface area (Å²) < 4.78 is 26.4. The van der Waals surface area contributed by atoms with Crippen LogP contribution in [0.5, 0.6) is 0 Å². The number of aliphatic carboxylic acids is 1. The van der Waals surface area contributed by atoms with E-state index in [1.807, 2.05) is 0 Å². The molecule has 1 fully saturated rings. The van der Waals surface area contributed by atoms with E-state index < -0.39 is 29.4 Å². The van der Waals surface area contributed by atoms with Crippen molar-refractivity contribution >= 4 is 17.6 Å². The maximum Gasteiger partial charge on any atom is 0.306 e. The molecule has 0 spiro atoms. The lowest BCUT2D eigenvalue weighted by Crippen LogP contribution is -2.29. The molecule has 1 aromatic rings. The van der Waals surface area contributed by atoms with Crippen molar-refractivity contribution in [1.82, 2.24) is 0 Å². The molecular formula is C14H15F2NO3. The van der Waals surface area contributed by atoms with Crippen molar-refractivity contribution in [2.45, 2.75) is 25.7 Å². The van der Waals surface area contributed by atoms with Gasteiger partial charge in [0.15, 0.2) is 0 Å². The molecule has 1 aliphatic carbocycles. The van der Waals surface area contributed by atoms with Crippen LogP contribution in [-0.2, 0) is 9.59 Å². The van der Waals surface area contributed by atoms with Gasteiger partial charge in [0.05, 0.1) is 11.6 Å². The Morgan fingerprint density at radius 3 is 2.30 bits per heavy atom. The summed E-state index contributed by atoms with van der Waals surface area (Å²) in [4.78, 5) is 22.8. The Morgan fingerprint density at radius 1 is 1.10 bits per heavy atom. The Hall–Kier alpha value is -1.98. The molecule has 1 aliphatic rings. The van der Waals surface area contributed by atoms with Crippen molar-refractivity contribution in [3.63, 3.8) is 0 Å². The summed E-state index contributed by atoms with van der Waals surface area (Å²) in [6, 6.07) is 2.85. The standard InChI is InChI=1S/C14H15F2NO3/c15-10-5-6-11(16)12(7-10)17-13(18)8-1-3-9(4-2-8)14(19)20/h5-9H,1-4H2,(H,17,18)(H,19,20). The van der Waals surface area contributed by atoms with Crippen molar-refractivity contribution in [3.8, 4) is 0 Å². The number of carbonyl (C=O) groups is 2. The molecule has 0 atom stereocenters. The lowest BCUT2D eigenvalue weighted by molar-refractivity contribution is -0.143. The van der Waals surface area contributed by atoms with Crippen LogP contribution in [0.3, 0.4) is 0 Å². The number of carboxylic acid groups (broad SMARTS) is 1. The van der Waals surface area contributed by atoms with E-state index in [2.05, 4.69) is 5.32 Å². The van der Waals surface area contributed by atoms with E-state index in [9.17, 15) is 18.4 Å². The van der Waals surface area contributed by atoms with Crippen molar-refractivity contribution in [3.05, 3.63) is 29.8 Å². The first kappa shape index (κ1) is 14.4. The summed E-state index contributed by atoms with van der Waals surface area (Å²) in [7, 11) is 0. The van der Waals surface area contributed by atoms with Crippen LogP contribution in [0.4, 0.5) is 14.5 Å². The highest BCUT2D eigenvalue weighted by Gasteiger charge is 2.30. The summed E-state index contributed by atoms with van der Waals surface area (Å²) in [5.41, 5.74) is -0.185. The number of halogens is 2. The molecule has 108 valence electrons. The Morgan fingerprint density at radius 2 is 1.70 bits per heavy atom. The van der Waals surface area contributed by atoms with Crippen molar-refractivity contribution in [1.29, 1.82) is 0 Å². The van der Waals surface area contributed by atoms with E-state index in [1.165, 1.54) is 0 Å². The molecule has 0 unspecified atom stereocenters. The molecule has 0 aliphatic heterocycles. The van der Waals surface area contributed by atoms with Crippen LogP contribution >= 0.6 is 0 Å². The highest BCUT2D eigenvalue weighted by molar-refractivity contribution is 5.92. The molecule has 0 radical (unpaired) electrons. The zero-order valence-electron chi connectivity index (χ0n) is 10.7. The van der Waals surface area contributed by atoms with Crippen LogP contribution in [0.15, 0.2) is 18.2 Å². The molecule has 1 amide bonds. The van der Waals surface area contributed by atoms with E-state index in [4.69, 9.17) is 5.11 Å². The maximum absolute atomic E-state index is 13.4. The number of hydrogen-bond acceptors (Lipinski definition) is 2. The molecule has 0 saturated heterocycles. The smallest absolute Gasteiger partial charge is 0.306 e.